The maximum Gasteiger partial charge on any atom is 0.00891 e. The van der Waals surface area contributed by atoms with Crippen LogP contribution in [-0.4, -0.2) is 5.71 Å². The number of hydrogen-bond donors (Lipinski definition) is 1. The number of rotatable bonds is 1. The standard InChI is InChI=1S/C7H13N/c1-6(8)7-4-2-3-5-7/h7-8H,2-5H2,1H3. The molecule has 0 aromatic rings. The van der Waals surface area contributed by atoms with Crippen LogP contribution in [0.5, 0.6) is 0 Å². The van der Waals surface area contributed by atoms with Gasteiger partial charge in [0.15, 0.2) is 0 Å². The molecule has 1 aliphatic rings. The first-order valence-electron chi connectivity index (χ1n) is 3.36. The lowest BCUT2D eigenvalue weighted by atomic mass is 10.0. The highest BCUT2D eigenvalue weighted by Gasteiger charge is 2.15. The summed E-state index contributed by atoms with van der Waals surface area (Å²) in [5.41, 5.74) is 0.891. The Hall–Kier alpha value is -0.330. The Balaban J connectivity index is 2.35. The number of hydrogen-bond acceptors (Lipinski definition) is 1. The van der Waals surface area contributed by atoms with E-state index in [4.69, 9.17) is 5.41 Å². The van der Waals surface area contributed by atoms with Gasteiger partial charge in [-0.25, -0.2) is 0 Å². The Morgan fingerprint density at radius 1 is 1.38 bits per heavy atom. The topological polar surface area (TPSA) is 23.9 Å². The van der Waals surface area contributed by atoms with Gasteiger partial charge >= 0.3 is 0 Å². The highest BCUT2D eigenvalue weighted by Crippen LogP contribution is 2.24. The van der Waals surface area contributed by atoms with Gasteiger partial charge in [-0.3, -0.25) is 0 Å². The normalized spacial score (nSPS) is 21.6. The predicted octanol–water partition coefficient (Wildman–Crippen LogP) is 2.22. The molecule has 0 heterocycles. The molecule has 0 aromatic heterocycles. The van der Waals surface area contributed by atoms with Crippen LogP contribution in [0.4, 0.5) is 0 Å². The second kappa shape index (κ2) is 2.29. The van der Waals surface area contributed by atoms with E-state index >= 15 is 0 Å². The molecular formula is C7H13N. The zero-order valence-corrected chi connectivity index (χ0v) is 5.41. The van der Waals surface area contributed by atoms with Crippen molar-refractivity contribution in [2.75, 3.05) is 0 Å². The molecule has 0 unspecified atom stereocenters. The molecule has 0 bridgehead atoms. The fraction of sp³-hybridized carbons (Fsp3) is 0.857. The first-order valence-corrected chi connectivity index (χ1v) is 3.36. The van der Waals surface area contributed by atoms with Crippen LogP contribution in [0.2, 0.25) is 0 Å². The molecule has 0 radical (unpaired) electrons. The van der Waals surface area contributed by atoms with Crippen LogP contribution >= 0.6 is 0 Å². The van der Waals surface area contributed by atoms with Gasteiger partial charge in [-0.15, -0.1) is 0 Å². The van der Waals surface area contributed by atoms with E-state index in [2.05, 4.69) is 0 Å². The van der Waals surface area contributed by atoms with Crippen molar-refractivity contribution >= 4 is 5.71 Å². The maximum absolute atomic E-state index is 7.29. The summed E-state index contributed by atoms with van der Waals surface area (Å²) in [5.74, 6) is 0.648. The van der Waals surface area contributed by atoms with E-state index in [-0.39, 0.29) is 0 Å². The summed E-state index contributed by atoms with van der Waals surface area (Å²) >= 11 is 0. The Bertz CT molecular complexity index is 90.6. The summed E-state index contributed by atoms with van der Waals surface area (Å²) in [6, 6.07) is 0. The minimum Gasteiger partial charge on any atom is -0.310 e. The van der Waals surface area contributed by atoms with E-state index in [9.17, 15) is 0 Å². The lowest BCUT2D eigenvalue weighted by molar-refractivity contribution is 0.721. The highest BCUT2D eigenvalue weighted by molar-refractivity contribution is 5.81. The third kappa shape index (κ3) is 1.09. The summed E-state index contributed by atoms with van der Waals surface area (Å²) in [6.07, 6.45) is 5.24. The van der Waals surface area contributed by atoms with Crippen LogP contribution in [0.15, 0.2) is 0 Å². The molecule has 0 spiro atoms. The molecule has 1 aliphatic carbocycles. The lowest BCUT2D eigenvalue weighted by Gasteiger charge is -2.02. The van der Waals surface area contributed by atoms with Gasteiger partial charge in [0, 0.05) is 5.71 Å². The van der Waals surface area contributed by atoms with E-state index in [0.717, 1.165) is 5.71 Å². The van der Waals surface area contributed by atoms with E-state index in [0.29, 0.717) is 5.92 Å². The fourth-order valence-corrected chi connectivity index (χ4v) is 1.36. The zero-order chi connectivity index (χ0) is 5.98. The van der Waals surface area contributed by atoms with Crippen molar-refractivity contribution in [3.8, 4) is 0 Å². The molecule has 0 aliphatic heterocycles. The predicted molar refractivity (Wildman–Crippen MR) is 35.4 cm³/mol. The molecule has 1 nitrogen and oxygen atoms in total. The molecule has 0 saturated heterocycles. The Labute approximate surface area is 50.6 Å². The average Bonchev–Trinajstić information content (AvgIpc) is 2.12. The van der Waals surface area contributed by atoms with Crippen molar-refractivity contribution in [2.24, 2.45) is 5.92 Å². The summed E-state index contributed by atoms with van der Waals surface area (Å²) in [4.78, 5) is 0. The van der Waals surface area contributed by atoms with Crippen LogP contribution in [0, 0.1) is 11.3 Å². The van der Waals surface area contributed by atoms with Crippen LogP contribution in [0.25, 0.3) is 0 Å². The molecule has 0 atom stereocenters. The molecule has 46 valence electrons. The van der Waals surface area contributed by atoms with Gasteiger partial charge in [0.05, 0.1) is 0 Å². The fourth-order valence-electron chi connectivity index (χ4n) is 1.36. The smallest absolute Gasteiger partial charge is 0.00891 e. The first kappa shape index (κ1) is 5.80. The second-order valence-electron chi connectivity index (χ2n) is 2.66. The third-order valence-corrected chi connectivity index (χ3v) is 1.97. The molecule has 1 fully saturated rings. The van der Waals surface area contributed by atoms with Gasteiger partial charge in [0.25, 0.3) is 0 Å². The molecular weight excluding hydrogens is 98.1 g/mol. The van der Waals surface area contributed by atoms with Crippen molar-refractivity contribution < 1.29 is 0 Å². The van der Waals surface area contributed by atoms with Crippen LogP contribution in [0.1, 0.15) is 32.6 Å². The van der Waals surface area contributed by atoms with E-state index in [1.54, 1.807) is 0 Å². The minimum atomic E-state index is 0.648. The van der Waals surface area contributed by atoms with Gasteiger partial charge in [-0.1, -0.05) is 12.8 Å². The summed E-state index contributed by atoms with van der Waals surface area (Å²) < 4.78 is 0. The van der Waals surface area contributed by atoms with Crippen molar-refractivity contribution in [3.63, 3.8) is 0 Å². The Morgan fingerprint density at radius 3 is 2.12 bits per heavy atom. The minimum absolute atomic E-state index is 0.648. The van der Waals surface area contributed by atoms with Crippen molar-refractivity contribution in [2.45, 2.75) is 32.6 Å². The van der Waals surface area contributed by atoms with Crippen molar-refractivity contribution in [1.82, 2.24) is 0 Å². The van der Waals surface area contributed by atoms with Crippen LogP contribution in [0.3, 0.4) is 0 Å². The van der Waals surface area contributed by atoms with E-state index in [1.165, 1.54) is 25.7 Å². The number of nitrogens with one attached hydrogen (secondary N) is 1. The highest BCUT2D eigenvalue weighted by atomic mass is 14.4. The molecule has 1 N–H and O–H groups in total. The monoisotopic (exact) mass is 111 g/mol. The summed E-state index contributed by atoms with van der Waals surface area (Å²) in [7, 11) is 0. The maximum atomic E-state index is 7.29. The Kier molecular flexibility index (Phi) is 1.66. The SMILES string of the molecule is CC(=N)C1CCCC1. The second-order valence-corrected chi connectivity index (χ2v) is 2.66. The molecule has 1 saturated carbocycles. The van der Waals surface area contributed by atoms with Crippen molar-refractivity contribution in [1.29, 1.82) is 5.41 Å². The van der Waals surface area contributed by atoms with Gasteiger partial charge in [0.1, 0.15) is 0 Å². The van der Waals surface area contributed by atoms with Crippen molar-refractivity contribution in [3.05, 3.63) is 0 Å². The van der Waals surface area contributed by atoms with Gasteiger partial charge in [0.2, 0.25) is 0 Å². The van der Waals surface area contributed by atoms with Gasteiger partial charge in [-0.2, -0.15) is 0 Å². The van der Waals surface area contributed by atoms with Gasteiger partial charge < -0.3 is 5.41 Å². The van der Waals surface area contributed by atoms with Crippen LogP contribution < -0.4 is 0 Å². The third-order valence-electron chi connectivity index (χ3n) is 1.97. The largest absolute Gasteiger partial charge is 0.310 e. The average molecular weight is 111 g/mol. The van der Waals surface area contributed by atoms with E-state index in [1.807, 2.05) is 6.92 Å². The molecule has 1 heteroatoms. The van der Waals surface area contributed by atoms with E-state index < -0.39 is 0 Å². The summed E-state index contributed by atoms with van der Waals surface area (Å²) in [5, 5.41) is 7.29. The molecule has 1 rings (SSSR count). The lowest BCUT2D eigenvalue weighted by Crippen LogP contribution is -2.03. The molecule has 0 amide bonds. The molecule has 0 aromatic carbocycles. The first-order chi connectivity index (χ1) is 3.80. The Morgan fingerprint density at radius 2 is 1.88 bits per heavy atom. The quantitative estimate of drug-likeness (QED) is 0.502. The van der Waals surface area contributed by atoms with Gasteiger partial charge in [-0.05, 0) is 25.7 Å². The summed E-state index contributed by atoms with van der Waals surface area (Å²) in [6.45, 7) is 1.93. The van der Waals surface area contributed by atoms with Crippen LogP contribution in [-0.2, 0) is 0 Å². The zero-order valence-electron chi connectivity index (χ0n) is 5.41. The molecule has 8 heavy (non-hydrogen) atoms.